The molecule has 16 nitrogen and oxygen atoms in total. The van der Waals surface area contributed by atoms with Gasteiger partial charge in [-0.25, -0.2) is 9.48 Å². The summed E-state index contributed by atoms with van der Waals surface area (Å²) in [5, 5.41) is 12.7. The van der Waals surface area contributed by atoms with Crippen molar-refractivity contribution in [1.29, 1.82) is 0 Å². The molecule has 6 aliphatic rings. The maximum atomic E-state index is 13.5. The number of amides is 4. The number of anilines is 1. The van der Waals surface area contributed by atoms with Gasteiger partial charge in [-0.2, -0.15) is 10.2 Å². The Morgan fingerprint density at radius 1 is 0.691 bits per heavy atom. The molecule has 11 rings (SSSR count). The Morgan fingerprint density at radius 2 is 1.28 bits per heavy atom. The van der Waals surface area contributed by atoms with Crippen molar-refractivity contribution in [3.8, 4) is 28.2 Å². The van der Waals surface area contributed by atoms with Crippen molar-refractivity contribution in [2.24, 2.45) is 5.92 Å². The number of carbonyl (C=O) groups is 3. The molecule has 5 aromatic rings. The molecule has 0 bridgehead atoms. The molecule has 4 fully saturated rings. The standard InChI is InChI=1S/C26H27N5O5S.C22H28N4O2S.C2H6/c32-25(29-8-12-35-13-9-29)23-21-17-37(34)22-7-2-1-6-20(22)24(21)31(28-23)19-5-3-4-18(16-19)27-26(33)30-10-14-36-15-11-30;1-24-8-6-16(7-9-24)14-26-21-17-4-2-3-5-19(17)29-15-18(21)20(23-26)22(27)25-10-12-28-13-11-25;1-2/h1-7,16H,8-15,17H2,(H,27,33);2-5,16H,6-15H2,1H3;1-2H3. The predicted molar refractivity (Wildman–Crippen MR) is 263 cm³/mol. The number of rotatable bonds is 6. The first kappa shape index (κ1) is 47.7. The van der Waals surface area contributed by atoms with Crippen LogP contribution in [0.3, 0.4) is 0 Å². The Bertz CT molecular complexity index is 2630. The third-order valence-electron chi connectivity index (χ3n) is 13.1. The molecule has 68 heavy (non-hydrogen) atoms. The highest BCUT2D eigenvalue weighted by atomic mass is 32.2. The number of morpholine rings is 3. The third-order valence-corrected chi connectivity index (χ3v) is 15.6. The van der Waals surface area contributed by atoms with E-state index in [9.17, 15) is 18.6 Å². The van der Waals surface area contributed by atoms with Crippen LogP contribution in [0.15, 0.2) is 82.6 Å². The maximum absolute atomic E-state index is 13.5. The first-order valence-electron chi connectivity index (χ1n) is 23.9. The molecule has 1 unspecified atom stereocenters. The molecule has 3 aromatic carbocycles. The molecule has 1 N–H and O–H groups in total. The van der Waals surface area contributed by atoms with Gasteiger partial charge >= 0.3 is 6.03 Å². The summed E-state index contributed by atoms with van der Waals surface area (Å²) in [7, 11) is 0.905. The van der Waals surface area contributed by atoms with Crippen LogP contribution in [-0.2, 0) is 43.1 Å². The second-order valence-corrected chi connectivity index (χ2v) is 19.8. The molecular weight excluding hydrogens is 903 g/mol. The van der Waals surface area contributed by atoms with Gasteiger partial charge in [0, 0.05) is 89.3 Å². The number of hydrogen-bond acceptors (Lipinski definition) is 11. The molecule has 2 aromatic heterocycles. The quantitative estimate of drug-likeness (QED) is 0.199. The molecule has 8 heterocycles. The zero-order valence-corrected chi connectivity index (χ0v) is 40.8. The summed E-state index contributed by atoms with van der Waals surface area (Å²) >= 11 is 1.81. The van der Waals surface area contributed by atoms with E-state index in [1.54, 1.807) is 14.5 Å². The minimum absolute atomic E-state index is 0.0617. The molecule has 4 saturated heterocycles. The molecule has 18 heteroatoms. The van der Waals surface area contributed by atoms with Crippen LogP contribution < -0.4 is 5.32 Å². The zero-order valence-electron chi connectivity index (χ0n) is 39.2. The highest BCUT2D eigenvalue weighted by Gasteiger charge is 2.35. The average molecular weight is 964 g/mol. The Balaban J connectivity index is 0.000000168. The first-order chi connectivity index (χ1) is 33.3. The number of benzene rings is 3. The summed E-state index contributed by atoms with van der Waals surface area (Å²) in [5.41, 5.74) is 7.98. The number of likely N-dealkylation sites (tertiary alicyclic amines) is 1. The van der Waals surface area contributed by atoms with Crippen molar-refractivity contribution >= 4 is 46.1 Å². The fourth-order valence-electron chi connectivity index (χ4n) is 9.48. The van der Waals surface area contributed by atoms with Crippen LogP contribution in [0.5, 0.6) is 0 Å². The predicted octanol–water partition coefficient (Wildman–Crippen LogP) is 6.49. The van der Waals surface area contributed by atoms with Gasteiger partial charge in [0.2, 0.25) is 0 Å². The molecule has 1 atom stereocenters. The second-order valence-electron chi connectivity index (χ2n) is 17.4. The topological polar surface area (TPSA) is 157 Å². The summed E-state index contributed by atoms with van der Waals surface area (Å²) in [5.74, 6) is 1.51. The van der Waals surface area contributed by atoms with E-state index in [2.05, 4.69) is 46.2 Å². The number of aromatic nitrogens is 4. The average Bonchev–Trinajstić information content (AvgIpc) is 3.97. The van der Waals surface area contributed by atoms with Crippen LogP contribution in [0, 0.1) is 5.92 Å². The van der Waals surface area contributed by atoms with E-state index >= 15 is 0 Å². The fraction of sp³-hybridized carbons (Fsp3) is 0.460. The van der Waals surface area contributed by atoms with E-state index in [-0.39, 0.29) is 23.6 Å². The lowest BCUT2D eigenvalue weighted by Gasteiger charge is -2.29. The van der Waals surface area contributed by atoms with Crippen LogP contribution >= 0.6 is 11.8 Å². The minimum Gasteiger partial charge on any atom is -0.378 e. The summed E-state index contributed by atoms with van der Waals surface area (Å²) < 4.78 is 33.2. The number of nitrogens with zero attached hydrogens (tertiary/aromatic N) is 8. The highest BCUT2D eigenvalue weighted by molar-refractivity contribution is 7.98. The molecule has 0 radical (unpaired) electrons. The zero-order chi connectivity index (χ0) is 47.1. The number of nitrogens with one attached hydrogen (secondary N) is 1. The smallest absolute Gasteiger partial charge is 0.322 e. The van der Waals surface area contributed by atoms with Gasteiger partial charge in [0.05, 0.1) is 73.3 Å². The number of hydrogen-bond donors (Lipinski definition) is 1. The summed E-state index contributed by atoms with van der Waals surface area (Å²) in [6, 6.07) is 23.3. The van der Waals surface area contributed by atoms with Crippen molar-refractivity contribution in [1.82, 2.24) is 39.2 Å². The van der Waals surface area contributed by atoms with Gasteiger partial charge in [-0.3, -0.25) is 18.5 Å². The van der Waals surface area contributed by atoms with E-state index in [1.165, 1.54) is 23.3 Å². The first-order valence-corrected chi connectivity index (χ1v) is 26.2. The van der Waals surface area contributed by atoms with Gasteiger partial charge in [-0.1, -0.05) is 56.3 Å². The van der Waals surface area contributed by atoms with Crippen LogP contribution in [-0.4, -0.2) is 160 Å². The van der Waals surface area contributed by atoms with Crippen molar-refractivity contribution in [3.05, 3.63) is 95.3 Å². The number of carbonyl (C=O) groups excluding carboxylic acids is 3. The normalized spacial score (nSPS) is 19.2. The number of piperidine rings is 1. The van der Waals surface area contributed by atoms with Crippen LogP contribution in [0.4, 0.5) is 10.5 Å². The Labute approximate surface area is 404 Å². The molecule has 0 saturated carbocycles. The third kappa shape index (κ3) is 10.2. The number of fused-ring (bicyclic) bond motifs is 6. The molecule has 360 valence electrons. The van der Waals surface area contributed by atoms with E-state index in [0.29, 0.717) is 113 Å². The van der Waals surface area contributed by atoms with E-state index < -0.39 is 10.8 Å². The van der Waals surface area contributed by atoms with E-state index in [1.807, 2.05) is 79.0 Å². The van der Waals surface area contributed by atoms with Gasteiger partial charge in [-0.05, 0) is 69.2 Å². The van der Waals surface area contributed by atoms with Crippen molar-refractivity contribution < 1.29 is 32.8 Å². The largest absolute Gasteiger partial charge is 0.378 e. The fourth-order valence-corrected chi connectivity index (χ4v) is 11.9. The van der Waals surface area contributed by atoms with Crippen molar-refractivity contribution in [2.45, 2.75) is 54.5 Å². The maximum Gasteiger partial charge on any atom is 0.322 e. The minimum atomic E-state index is -1.29. The lowest BCUT2D eigenvalue weighted by atomic mass is 9.97. The van der Waals surface area contributed by atoms with Gasteiger partial charge < -0.3 is 39.1 Å². The van der Waals surface area contributed by atoms with Gasteiger partial charge in [-0.15, -0.1) is 11.8 Å². The monoisotopic (exact) mass is 963 g/mol. The van der Waals surface area contributed by atoms with E-state index in [4.69, 9.17) is 24.4 Å². The van der Waals surface area contributed by atoms with Gasteiger partial charge in [0.1, 0.15) is 0 Å². The molecule has 0 spiro atoms. The number of ether oxygens (including phenoxy) is 3. The van der Waals surface area contributed by atoms with Gasteiger partial charge in [0.25, 0.3) is 11.8 Å². The van der Waals surface area contributed by atoms with Crippen LogP contribution in [0.25, 0.3) is 28.2 Å². The SMILES string of the molecule is CC.CN1CCC(Cn2nc(C(=O)N3CCOCC3)c3c2-c2ccccc2SC3)CC1.O=C(Nc1cccc(-n2nc(C(=O)N3CCOCC3)c3c2-c2ccccc2S(=O)C3)c1)N1CCOCC1. The Morgan fingerprint density at radius 3 is 1.94 bits per heavy atom. The van der Waals surface area contributed by atoms with Crippen LogP contribution in [0.1, 0.15) is 58.8 Å². The van der Waals surface area contributed by atoms with E-state index in [0.717, 1.165) is 52.8 Å². The molecule has 4 amide bonds. The van der Waals surface area contributed by atoms with Crippen molar-refractivity contribution in [2.75, 3.05) is 104 Å². The van der Waals surface area contributed by atoms with Crippen LogP contribution in [0.2, 0.25) is 0 Å². The van der Waals surface area contributed by atoms with Crippen molar-refractivity contribution in [3.63, 3.8) is 0 Å². The second kappa shape index (κ2) is 21.9. The lowest BCUT2D eigenvalue weighted by molar-refractivity contribution is 0.0296. The Kier molecular flexibility index (Phi) is 15.4. The summed E-state index contributed by atoms with van der Waals surface area (Å²) in [4.78, 5) is 49.4. The molecule has 6 aliphatic heterocycles. The highest BCUT2D eigenvalue weighted by Crippen LogP contribution is 2.44. The Hall–Kier alpha value is -5.37. The number of thioether (sulfide) groups is 1. The van der Waals surface area contributed by atoms with Gasteiger partial charge in [0.15, 0.2) is 11.4 Å². The summed E-state index contributed by atoms with van der Waals surface area (Å²) in [6.45, 7) is 13.8. The lowest BCUT2D eigenvalue weighted by Crippen LogP contribution is -2.43. The molecular formula is C50H61N9O7S2. The number of urea groups is 1. The molecule has 0 aliphatic carbocycles. The summed E-state index contributed by atoms with van der Waals surface area (Å²) in [6.07, 6.45) is 2.38.